The molecule has 0 rings (SSSR count). The molecule has 0 radical (unpaired) electrons. The molecule has 0 bridgehead atoms. The number of rotatable bonds is 13. The Labute approximate surface area is 174 Å². The van der Waals surface area contributed by atoms with Gasteiger partial charge in [0.05, 0.1) is 6.10 Å². The van der Waals surface area contributed by atoms with E-state index < -0.39 is 66.4 Å². The topological polar surface area (TPSA) is 208 Å². The first-order valence-electron chi connectivity index (χ1n) is 9.61. The maximum absolute atomic E-state index is 12.6. The summed E-state index contributed by atoms with van der Waals surface area (Å²) in [5.41, 5.74) is 5.58. The van der Waals surface area contributed by atoms with Gasteiger partial charge < -0.3 is 37.0 Å². The summed E-state index contributed by atoms with van der Waals surface area (Å²) in [6, 6.07) is -4.86. The van der Waals surface area contributed by atoms with Gasteiger partial charge in [0.15, 0.2) is 0 Å². The van der Waals surface area contributed by atoms with Crippen LogP contribution in [0, 0.1) is 5.92 Å². The normalized spacial score (nSPS) is 16.9. The van der Waals surface area contributed by atoms with Gasteiger partial charge in [0, 0.05) is 6.42 Å². The summed E-state index contributed by atoms with van der Waals surface area (Å²) >= 11 is 0. The highest BCUT2D eigenvalue weighted by Gasteiger charge is 2.31. The van der Waals surface area contributed by atoms with Crippen LogP contribution in [0.2, 0.25) is 0 Å². The molecule has 0 aliphatic carbocycles. The zero-order valence-electron chi connectivity index (χ0n) is 17.5. The minimum Gasteiger partial charge on any atom is -0.481 e. The number of carboxylic acids is 2. The van der Waals surface area contributed by atoms with Crippen LogP contribution < -0.4 is 21.7 Å². The van der Waals surface area contributed by atoms with Crippen molar-refractivity contribution in [3.8, 4) is 0 Å². The van der Waals surface area contributed by atoms with Gasteiger partial charge in [-0.25, -0.2) is 4.79 Å². The molecule has 0 aromatic heterocycles. The Kier molecular flexibility index (Phi) is 11.6. The Morgan fingerprint density at radius 2 is 1.47 bits per heavy atom. The van der Waals surface area contributed by atoms with Crippen LogP contribution in [0.5, 0.6) is 0 Å². The van der Waals surface area contributed by atoms with Gasteiger partial charge in [0.25, 0.3) is 0 Å². The Hall–Kier alpha value is -2.73. The number of nitrogens with two attached hydrogens (primary N) is 1. The average molecular weight is 432 g/mol. The molecule has 0 saturated carbocycles. The van der Waals surface area contributed by atoms with E-state index in [2.05, 4.69) is 16.0 Å². The molecule has 0 saturated heterocycles. The fraction of sp³-hybridized carbons (Fsp3) is 0.722. The number of hydrogen-bond acceptors (Lipinski definition) is 7. The van der Waals surface area contributed by atoms with E-state index in [9.17, 15) is 29.1 Å². The van der Waals surface area contributed by atoms with E-state index in [1.165, 1.54) is 13.8 Å². The zero-order valence-corrected chi connectivity index (χ0v) is 17.5. The number of carboxylic acid groups (broad SMARTS) is 2. The predicted molar refractivity (Wildman–Crippen MR) is 105 cm³/mol. The van der Waals surface area contributed by atoms with Crippen LogP contribution in [0.15, 0.2) is 0 Å². The molecule has 12 heteroatoms. The maximum Gasteiger partial charge on any atom is 0.326 e. The van der Waals surface area contributed by atoms with Crippen LogP contribution >= 0.6 is 0 Å². The number of aliphatic carboxylic acids is 2. The molecule has 0 heterocycles. The first kappa shape index (κ1) is 27.3. The zero-order chi connectivity index (χ0) is 23.6. The second-order valence-electron chi connectivity index (χ2n) is 7.20. The van der Waals surface area contributed by atoms with Crippen LogP contribution in [0.3, 0.4) is 0 Å². The predicted octanol–water partition coefficient (Wildman–Crippen LogP) is -1.84. The lowest BCUT2D eigenvalue weighted by Gasteiger charge is -2.27. The van der Waals surface area contributed by atoms with E-state index in [4.69, 9.17) is 15.9 Å². The molecule has 6 unspecified atom stereocenters. The van der Waals surface area contributed by atoms with Crippen molar-refractivity contribution in [3.63, 3.8) is 0 Å². The number of amides is 3. The largest absolute Gasteiger partial charge is 0.481 e. The van der Waals surface area contributed by atoms with Gasteiger partial charge in [-0.3, -0.25) is 19.2 Å². The molecule has 172 valence electrons. The molecule has 12 nitrogen and oxygen atoms in total. The number of nitrogens with one attached hydrogen (secondary N) is 3. The summed E-state index contributed by atoms with van der Waals surface area (Å²) in [7, 11) is 0. The minimum absolute atomic E-state index is 0.320. The summed E-state index contributed by atoms with van der Waals surface area (Å²) in [5.74, 6) is -5.18. The fourth-order valence-electron chi connectivity index (χ4n) is 2.36. The van der Waals surface area contributed by atoms with Gasteiger partial charge in [-0.1, -0.05) is 20.3 Å². The third-order valence-electron chi connectivity index (χ3n) is 4.63. The monoisotopic (exact) mass is 432 g/mol. The molecule has 3 amide bonds. The van der Waals surface area contributed by atoms with Crippen LogP contribution in [0.4, 0.5) is 0 Å². The summed E-state index contributed by atoms with van der Waals surface area (Å²) in [6.45, 7) is 6.15. The van der Waals surface area contributed by atoms with E-state index in [0.29, 0.717) is 6.42 Å². The van der Waals surface area contributed by atoms with Gasteiger partial charge in [0.2, 0.25) is 17.7 Å². The van der Waals surface area contributed by atoms with Gasteiger partial charge in [0.1, 0.15) is 24.2 Å². The van der Waals surface area contributed by atoms with Crippen LogP contribution in [0.25, 0.3) is 0 Å². The molecule has 0 aliphatic heterocycles. The lowest BCUT2D eigenvalue weighted by molar-refractivity contribution is -0.143. The van der Waals surface area contributed by atoms with E-state index in [1.54, 1.807) is 13.8 Å². The summed E-state index contributed by atoms with van der Waals surface area (Å²) in [5, 5.41) is 34.3. The second-order valence-corrected chi connectivity index (χ2v) is 7.20. The van der Waals surface area contributed by atoms with Gasteiger partial charge in [-0.15, -0.1) is 0 Å². The Bertz CT molecular complexity index is 640. The summed E-state index contributed by atoms with van der Waals surface area (Å²) in [4.78, 5) is 58.8. The molecule has 0 aromatic carbocycles. The molecular weight excluding hydrogens is 400 g/mol. The lowest BCUT2D eigenvalue weighted by atomic mass is 9.97. The third kappa shape index (κ3) is 9.18. The van der Waals surface area contributed by atoms with Crippen molar-refractivity contribution in [1.82, 2.24) is 16.0 Å². The van der Waals surface area contributed by atoms with Gasteiger partial charge in [-0.2, -0.15) is 0 Å². The van der Waals surface area contributed by atoms with Crippen molar-refractivity contribution < 1.29 is 39.3 Å². The molecule has 0 spiro atoms. The van der Waals surface area contributed by atoms with Crippen molar-refractivity contribution in [2.45, 2.75) is 77.2 Å². The first-order chi connectivity index (χ1) is 13.8. The van der Waals surface area contributed by atoms with Crippen molar-refractivity contribution in [2.75, 3.05) is 0 Å². The van der Waals surface area contributed by atoms with Crippen molar-refractivity contribution >= 4 is 29.7 Å². The van der Waals surface area contributed by atoms with Crippen LogP contribution in [-0.4, -0.2) is 75.3 Å². The molecule has 8 N–H and O–H groups in total. The SMILES string of the molecule is CCC(C)C(NC(=O)C(N)C(C)O)C(=O)NC(C)C(=O)NC(CCC(=O)O)C(=O)O. The number of aliphatic hydroxyl groups excluding tert-OH is 1. The van der Waals surface area contributed by atoms with E-state index in [0.717, 1.165) is 0 Å². The minimum atomic E-state index is -1.43. The van der Waals surface area contributed by atoms with Crippen molar-refractivity contribution in [3.05, 3.63) is 0 Å². The fourth-order valence-corrected chi connectivity index (χ4v) is 2.36. The van der Waals surface area contributed by atoms with Crippen molar-refractivity contribution in [2.24, 2.45) is 11.7 Å². The Morgan fingerprint density at radius 1 is 0.900 bits per heavy atom. The highest BCUT2D eigenvalue weighted by atomic mass is 16.4. The molecule has 30 heavy (non-hydrogen) atoms. The van der Waals surface area contributed by atoms with E-state index in [-0.39, 0.29) is 12.3 Å². The smallest absolute Gasteiger partial charge is 0.326 e. The van der Waals surface area contributed by atoms with E-state index >= 15 is 0 Å². The first-order valence-corrected chi connectivity index (χ1v) is 9.61. The summed E-state index contributed by atoms with van der Waals surface area (Å²) in [6.07, 6.45) is -1.39. The standard InChI is InChI=1S/C18H32N4O8/c1-5-8(2)14(22-16(27)13(19)10(4)23)17(28)20-9(3)15(26)21-11(18(29)30)6-7-12(24)25/h8-11,13-14,23H,5-7,19H2,1-4H3,(H,20,28)(H,21,26)(H,22,27)(H,24,25)(H,29,30). The average Bonchev–Trinajstić information content (AvgIpc) is 2.66. The lowest BCUT2D eigenvalue weighted by Crippen LogP contribution is -2.59. The molecule has 0 fully saturated rings. The summed E-state index contributed by atoms with van der Waals surface area (Å²) < 4.78 is 0. The highest BCUT2D eigenvalue weighted by molar-refractivity contribution is 5.94. The van der Waals surface area contributed by atoms with Crippen molar-refractivity contribution in [1.29, 1.82) is 0 Å². The van der Waals surface area contributed by atoms with Crippen LogP contribution in [0.1, 0.15) is 47.0 Å². The number of aliphatic hydroxyl groups is 1. The Morgan fingerprint density at radius 3 is 1.90 bits per heavy atom. The van der Waals surface area contributed by atoms with Crippen LogP contribution in [-0.2, 0) is 24.0 Å². The Balaban J connectivity index is 5.11. The number of carbonyl (C=O) groups excluding carboxylic acids is 3. The molecule has 6 atom stereocenters. The second kappa shape index (κ2) is 12.8. The third-order valence-corrected chi connectivity index (χ3v) is 4.63. The number of carbonyl (C=O) groups is 5. The van der Waals surface area contributed by atoms with Gasteiger partial charge >= 0.3 is 11.9 Å². The molecule has 0 aromatic rings. The molecular formula is C18H32N4O8. The number of hydrogen-bond donors (Lipinski definition) is 7. The maximum atomic E-state index is 12.6. The molecule has 0 aliphatic rings. The highest BCUT2D eigenvalue weighted by Crippen LogP contribution is 2.09. The van der Waals surface area contributed by atoms with Gasteiger partial charge in [-0.05, 0) is 26.2 Å². The van der Waals surface area contributed by atoms with E-state index in [1.807, 2.05) is 0 Å². The quantitative estimate of drug-likeness (QED) is 0.174.